The summed E-state index contributed by atoms with van der Waals surface area (Å²) < 4.78 is 4.83. The first-order valence-corrected chi connectivity index (χ1v) is 3.85. The number of phenolic OH excluding ortho intramolecular Hbond substituents is 1. The van der Waals surface area contributed by atoms with Crippen molar-refractivity contribution >= 4 is 0 Å². The summed E-state index contributed by atoms with van der Waals surface area (Å²) in [6.45, 7) is 1.94. The molecule has 1 aromatic carbocycles. The molecule has 0 spiro atoms. The fraction of sp³-hybridized carbons (Fsp3) is 0.111. The third-order valence-corrected chi connectivity index (χ3v) is 1.78. The van der Waals surface area contributed by atoms with Crippen LogP contribution in [-0.4, -0.2) is 15.5 Å². The number of hydrogen-bond acceptors (Lipinski definition) is 4. The molecule has 66 valence electrons. The van der Waals surface area contributed by atoms with E-state index in [-0.39, 0.29) is 5.75 Å². The lowest BCUT2D eigenvalue weighted by Gasteiger charge is -2.00. The van der Waals surface area contributed by atoms with Gasteiger partial charge in [0.25, 0.3) is 0 Å². The van der Waals surface area contributed by atoms with Gasteiger partial charge in [0, 0.05) is 5.27 Å². The van der Waals surface area contributed by atoms with E-state index in [9.17, 15) is 5.11 Å². The van der Waals surface area contributed by atoms with Gasteiger partial charge in [-0.05, 0) is 19.1 Å². The van der Waals surface area contributed by atoms with E-state index in [1.54, 1.807) is 6.07 Å². The van der Waals surface area contributed by atoms with Crippen LogP contribution in [0.3, 0.4) is 0 Å². The Morgan fingerprint density at radius 3 is 2.92 bits per heavy atom. The molecular weight excluding hydrogens is 168 g/mol. The molecule has 0 unspecified atom stereocenters. The van der Waals surface area contributed by atoms with E-state index in [4.69, 9.17) is 4.52 Å². The third-order valence-electron chi connectivity index (χ3n) is 1.78. The maximum absolute atomic E-state index is 9.49. The van der Waals surface area contributed by atoms with Crippen molar-refractivity contribution < 1.29 is 9.63 Å². The zero-order valence-corrected chi connectivity index (χ0v) is 7.06. The van der Waals surface area contributed by atoms with Crippen molar-refractivity contribution in [2.45, 2.75) is 6.92 Å². The molecule has 0 fully saturated rings. The van der Waals surface area contributed by atoms with Crippen molar-refractivity contribution in [3.63, 3.8) is 0 Å². The van der Waals surface area contributed by atoms with Crippen molar-refractivity contribution in [2.24, 2.45) is 0 Å². The van der Waals surface area contributed by atoms with Gasteiger partial charge in [-0.1, -0.05) is 11.6 Å². The van der Waals surface area contributed by atoms with E-state index in [2.05, 4.69) is 10.4 Å². The molecule has 0 amide bonds. The highest BCUT2D eigenvalue weighted by Crippen LogP contribution is 2.28. The quantitative estimate of drug-likeness (QED) is 0.719. The van der Waals surface area contributed by atoms with E-state index in [1.165, 1.54) is 6.20 Å². The largest absolute Gasteiger partial charge is 0.507 e. The van der Waals surface area contributed by atoms with Crippen LogP contribution in [0.4, 0.5) is 0 Å². The zero-order chi connectivity index (χ0) is 9.26. The van der Waals surface area contributed by atoms with Gasteiger partial charge in [0.1, 0.15) is 5.75 Å². The van der Waals surface area contributed by atoms with Crippen LogP contribution >= 0.6 is 0 Å². The lowest BCUT2D eigenvalue weighted by atomic mass is 10.1. The number of phenols is 1. The monoisotopic (exact) mass is 176 g/mol. The van der Waals surface area contributed by atoms with Gasteiger partial charge in [0.15, 0.2) is 5.76 Å². The van der Waals surface area contributed by atoms with Gasteiger partial charge in [0.2, 0.25) is 0 Å². The van der Waals surface area contributed by atoms with E-state index >= 15 is 0 Å². The Morgan fingerprint density at radius 1 is 1.38 bits per heavy atom. The molecule has 0 aliphatic rings. The normalized spacial score (nSPS) is 10.2. The summed E-state index contributed by atoms with van der Waals surface area (Å²) in [5.41, 5.74) is 1.66. The fourth-order valence-corrected chi connectivity index (χ4v) is 1.13. The number of aromatic hydroxyl groups is 1. The number of nitrogens with zero attached hydrogens (tertiary/aromatic N) is 2. The molecule has 0 aliphatic heterocycles. The minimum Gasteiger partial charge on any atom is -0.507 e. The molecule has 0 bridgehead atoms. The molecule has 4 nitrogen and oxygen atoms in total. The molecule has 0 aliphatic carbocycles. The number of rotatable bonds is 1. The van der Waals surface area contributed by atoms with Crippen LogP contribution in [0.25, 0.3) is 11.3 Å². The summed E-state index contributed by atoms with van der Waals surface area (Å²) in [4.78, 5) is 0. The Morgan fingerprint density at radius 2 is 2.23 bits per heavy atom. The first-order chi connectivity index (χ1) is 6.27. The van der Waals surface area contributed by atoms with Crippen molar-refractivity contribution in [2.75, 3.05) is 0 Å². The van der Waals surface area contributed by atoms with Crippen LogP contribution in [0.1, 0.15) is 5.56 Å². The summed E-state index contributed by atoms with van der Waals surface area (Å²) in [5.74, 6) is 0.644. The average molecular weight is 176 g/mol. The summed E-state index contributed by atoms with van der Waals surface area (Å²) in [5, 5.41) is 16.4. The molecule has 0 saturated heterocycles. The number of aryl methyl sites for hydroxylation is 1. The number of aromatic nitrogens is 2. The van der Waals surface area contributed by atoms with Crippen molar-refractivity contribution in [1.82, 2.24) is 10.4 Å². The van der Waals surface area contributed by atoms with Crippen LogP contribution in [0.2, 0.25) is 0 Å². The first-order valence-electron chi connectivity index (χ1n) is 3.85. The zero-order valence-electron chi connectivity index (χ0n) is 7.06. The van der Waals surface area contributed by atoms with E-state index in [1.807, 2.05) is 19.1 Å². The Kier molecular flexibility index (Phi) is 1.73. The van der Waals surface area contributed by atoms with Crippen LogP contribution in [0.15, 0.2) is 28.9 Å². The lowest BCUT2D eigenvalue weighted by Crippen LogP contribution is -1.78. The van der Waals surface area contributed by atoms with Crippen LogP contribution in [0.5, 0.6) is 5.75 Å². The van der Waals surface area contributed by atoms with Crippen molar-refractivity contribution in [3.8, 4) is 17.1 Å². The topological polar surface area (TPSA) is 59.2 Å². The van der Waals surface area contributed by atoms with Gasteiger partial charge in [-0.3, -0.25) is 0 Å². The molecule has 0 radical (unpaired) electrons. The molecule has 1 N–H and O–H groups in total. The predicted octanol–water partition coefficient (Wildman–Crippen LogP) is 1.75. The maximum atomic E-state index is 9.49. The highest BCUT2D eigenvalue weighted by molar-refractivity contribution is 5.65. The molecule has 1 aromatic heterocycles. The second-order valence-corrected chi connectivity index (χ2v) is 2.80. The second kappa shape index (κ2) is 2.90. The molecular formula is C9H8N2O2. The van der Waals surface area contributed by atoms with E-state index < -0.39 is 0 Å². The first kappa shape index (κ1) is 7.79. The second-order valence-electron chi connectivity index (χ2n) is 2.80. The molecule has 1 heterocycles. The summed E-state index contributed by atoms with van der Waals surface area (Å²) in [6, 6.07) is 5.26. The van der Waals surface area contributed by atoms with Gasteiger partial charge in [-0.2, -0.15) is 0 Å². The standard InChI is InChI=1S/C9H8N2O2/c1-6-2-3-8(12)7(4-6)9-5-10-11-13-9/h2-5,12H,1H3. The van der Waals surface area contributed by atoms with Crippen molar-refractivity contribution in [1.29, 1.82) is 0 Å². The maximum Gasteiger partial charge on any atom is 0.191 e. The molecule has 13 heavy (non-hydrogen) atoms. The Hall–Kier alpha value is -1.84. The molecule has 2 rings (SSSR count). The van der Waals surface area contributed by atoms with Gasteiger partial charge in [0.05, 0.1) is 11.8 Å². The van der Waals surface area contributed by atoms with E-state index in [0.29, 0.717) is 11.3 Å². The highest BCUT2D eigenvalue weighted by atomic mass is 16.5. The van der Waals surface area contributed by atoms with Gasteiger partial charge in [-0.25, -0.2) is 0 Å². The summed E-state index contributed by atoms with van der Waals surface area (Å²) in [6.07, 6.45) is 1.47. The third kappa shape index (κ3) is 1.38. The van der Waals surface area contributed by atoms with Gasteiger partial charge in [-0.15, -0.1) is 5.10 Å². The van der Waals surface area contributed by atoms with E-state index in [0.717, 1.165) is 5.56 Å². The molecule has 4 heteroatoms. The smallest absolute Gasteiger partial charge is 0.191 e. The molecule has 2 aromatic rings. The van der Waals surface area contributed by atoms with Crippen LogP contribution in [-0.2, 0) is 0 Å². The number of hydrogen-bond donors (Lipinski definition) is 1. The predicted molar refractivity (Wildman–Crippen MR) is 46.1 cm³/mol. The molecule has 0 atom stereocenters. The van der Waals surface area contributed by atoms with Crippen LogP contribution < -0.4 is 0 Å². The van der Waals surface area contributed by atoms with Crippen molar-refractivity contribution in [3.05, 3.63) is 30.0 Å². The fourth-order valence-electron chi connectivity index (χ4n) is 1.13. The lowest BCUT2D eigenvalue weighted by molar-refractivity contribution is 0.400. The Bertz CT molecular complexity index is 410. The average Bonchev–Trinajstić information content (AvgIpc) is 2.61. The minimum atomic E-state index is 0.171. The minimum absolute atomic E-state index is 0.171. The Labute approximate surface area is 74.8 Å². The highest BCUT2D eigenvalue weighted by Gasteiger charge is 2.07. The van der Waals surface area contributed by atoms with Gasteiger partial charge < -0.3 is 9.63 Å². The van der Waals surface area contributed by atoms with Gasteiger partial charge >= 0.3 is 0 Å². The number of benzene rings is 1. The Balaban J connectivity index is 2.57. The summed E-state index contributed by atoms with van der Waals surface area (Å²) in [7, 11) is 0. The molecule has 0 saturated carbocycles. The summed E-state index contributed by atoms with van der Waals surface area (Å²) >= 11 is 0. The van der Waals surface area contributed by atoms with Crippen LogP contribution in [0, 0.1) is 6.92 Å². The SMILES string of the molecule is Cc1ccc(O)c(-c2cnno2)c1.